The first-order valence-corrected chi connectivity index (χ1v) is 6.61. The van der Waals surface area contributed by atoms with Gasteiger partial charge in [0.2, 0.25) is 0 Å². The van der Waals surface area contributed by atoms with Gasteiger partial charge in [0, 0.05) is 23.6 Å². The van der Waals surface area contributed by atoms with E-state index in [9.17, 15) is 0 Å². The zero-order chi connectivity index (χ0) is 12.4. The van der Waals surface area contributed by atoms with Crippen molar-refractivity contribution >= 4 is 21.6 Å². The second kappa shape index (κ2) is 5.07. The molecule has 1 fully saturated rings. The Kier molecular flexibility index (Phi) is 3.70. The molecule has 0 bridgehead atoms. The normalized spacial score (nSPS) is 24.5. The van der Waals surface area contributed by atoms with Crippen molar-refractivity contribution < 1.29 is 0 Å². The van der Waals surface area contributed by atoms with E-state index in [4.69, 9.17) is 11.0 Å². The molecule has 3 nitrogen and oxygen atoms in total. The van der Waals surface area contributed by atoms with Crippen molar-refractivity contribution in [1.82, 2.24) is 0 Å². The summed E-state index contributed by atoms with van der Waals surface area (Å²) in [5.74, 6) is 0.506. The first-order valence-electron chi connectivity index (χ1n) is 5.82. The van der Waals surface area contributed by atoms with Gasteiger partial charge in [-0.3, -0.25) is 0 Å². The minimum Gasteiger partial charge on any atom is -0.370 e. The quantitative estimate of drug-likeness (QED) is 0.865. The molecule has 1 saturated heterocycles. The first kappa shape index (κ1) is 12.4. The Morgan fingerprint density at radius 2 is 2.29 bits per heavy atom. The molecule has 0 amide bonds. The van der Waals surface area contributed by atoms with Gasteiger partial charge in [-0.1, -0.05) is 6.92 Å². The van der Waals surface area contributed by atoms with Crippen LogP contribution in [-0.4, -0.2) is 19.1 Å². The van der Waals surface area contributed by atoms with Crippen molar-refractivity contribution in [3.05, 3.63) is 28.2 Å². The minimum atomic E-state index is 0.309. The highest BCUT2D eigenvalue weighted by atomic mass is 79.9. The summed E-state index contributed by atoms with van der Waals surface area (Å²) in [4.78, 5) is 2.33. The number of piperidine rings is 1. The average molecular weight is 294 g/mol. The molecule has 1 aromatic rings. The van der Waals surface area contributed by atoms with Crippen molar-refractivity contribution in [3.63, 3.8) is 0 Å². The molecule has 1 aliphatic heterocycles. The van der Waals surface area contributed by atoms with E-state index in [2.05, 4.69) is 33.8 Å². The number of rotatable bonds is 1. The van der Waals surface area contributed by atoms with E-state index < -0.39 is 0 Å². The molecule has 4 heteroatoms. The Morgan fingerprint density at radius 3 is 2.88 bits per heavy atom. The molecule has 1 heterocycles. The summed E-state index contributed by atoms with van der Waals surface area (Å²) in [5, 5.41) is 8.84. The first-order chi connectivity index (χ1) is 8.11. The molecule has 0 saturated carbocycles. The Morgan fingerprint density at radius 1 is 1.53 bits per heavy atom. The summed E-state index contributed by atoms with van der Waals surface area (Å²) in [6.45, 7) is 4.15. The lowest BCUT2D eigenvalue weighted by molar-refractivity contribution is 0.382. The van der Waals surface area contributed by atoms with Crippen molar-refractivity contribution in [3.8, 4) is 6.07 Å². The molecule has 0 aliphatic carbocycles. The maximum atomic E-state index is 8.84. The molecule has 2 atom stereocenters. The van der Waals surface area contributed by atoms with Crippen molar-refractivity contribution in [1.29, 1.82) is 5.26 Å². The van der Waals surface area contributed by atoms with Gasteiger partial charge in [0.05, 0.1) is 17.3 Å². The van der Waals surface area contributed by atoms with Crippen LogP contribution in [0.2, 0.25) is 0 Å². The average Bonchev–Trinajstić information content (AvgIpc) is 2.32. The molecule has 0 aromatic heterocycles. The largest absolute Gasteiger partial charge is 0.370 e. The zero-order valence-corrected chi connectivity index (χ0v) is 11.4. The van der Waals surface area contributed by atoms with Crippen LogP contribution in [0.4, 0.5) is 5.69 Å². The van der Waals surface area contributed by atoms with E-state index in [-0.39, 0.29) is 0 Å². The van der Waals surface area contributed by atoms with Gasteiger partial charge in [0.15, 0.2) is 0 Å². The Labute approximate surface area is 110 Å². The van der Waals surface area contributed by atoms with Gasteiger partial charge in [0.1, 0.15) is 0 Å². The van der Waals surface area contributed by atoms with Crippen LogP contribution in [0, 0.1) is 17.2 Å². The van der Waals surface area contributed by atoms with Gasteiger partial charge in [-0.05, 0) is 46.5 Å². The molecule has 1 aliphatic rings. The Balaban J connectivity index is 2.21. The summed E-state index contributed by atoms with van der Waals surface area (Å²) in [6.07, 6.45) is 1.02. The number of nitriles is 1. The van der Waals surface area contributed by atoms with Crippen LogP contribution in [0.3, 0.4) is 0 Å². The number of nitrogens with two attached hydrogens (primary N) is 1. The fourth-order valence-electron chi connectivity index (χ4n) is 2.22. The lowest BCUT2D eigenvalue weighted by Gasteiger charge is -2.37. The fraction of sp³-hybridized carbons (Fsp3) is 0.462. The van der Waals surface area contributed by atoms with Crippen LogP contribution in [0.25, 0.3) is 0 Å². The van der Waals surface area contributed by atoms with Crippen molar-refractivity contribution in [2.75, 3.05) is 18.0 Å². The van der Waals surface area contributed by atoms with Gasteiger partial charge in [-0.2, -0.15) is 5.26 Å². The second-order valence-corrected chi connectivity index (χ2v) is 5.51. The number of hydrogen-bond acceptors (Lipinski definition) is 3. The number of hydrogen-bond donors (Lipinski definition) is 1. The maximum Gasteiger partial charge on any atom is 0.0992 e. The molecular formula is C13H16BrN3. The molecule has 1 aromatic carbocycles. The smallest absolute Gasteiger partial charge is 0.0992 e. The molecule has 17 heavy (non-hydrogen) atoms. The van der Waals surface area contributed by atoms with Gasteiger partial charge in [-0.15, -0.1) is 0 Å². The minimum absolute atomic E-state index is 0.309. The van der Waals surface area contributed by atoms with Crippen molar-refractivity contribution in [2.24, 2.45) is 11.7 Å². The Hall–Kier alpha value is -1.05. The van der Waals surface area contributed by atoms with Gasteiger partial charge < -0.3 is 10.6 Å². The monoisotopic (exact) mass is 293 g/mol. The molecule has 0 spiro atoms. The van der Waals surface area contributed by atoms with Gasteiger partial charge in [-0.25, -0.2) is 0 Å². The maximum absolute atomic E-state index is 8.84. The van der Waals surface area contributed by atoms with Gasteiger partial charge >= 0.3 is 0 Å². The van der Waals surface area contributed by atoms with Crippen LogP contribution in [0.15, 0.2) is 22.7 Å². The molecule has 2 rings (SSSR count). The predicted octanol–water partition coefficient (Wildman–Crippen LogP) is 2.49. The number of anilines is 1. The van der Waals surface area contributed by atoms with Crippen LogP contribution in [-0.2, 0) is 0 Å². The molecule has 2 N–H and O–H groups in total. The number of nitrogens with zero attached hydrogens (tertiary/aromatic N) is 2. The highest BCUT2D eigenvalue weighted by Crippen LogP contribution is 2.30. The summed E-state index contributed by atoms with van der Waals surface area (Å²) >= 11 is 3.53. The lowest BCUT2D eigenvalue weighted by Crippen LogP contribution is -2.46. The second-order valence-electron chi connectivity index (χ2n) is 4.65. The highest BCUT2D eigenvalue weighted by Gasteiger charge is 2.24. The standard InChI is InChI=1S/C13H16BrN3/c1-9-8-17(5-4-12(9)16)13-3-2-10(7-15)6-11(13)14/h2-3,6,9,12H,4-5,8,16H2,1H3. The molecule has 2 unspecified atom stereocenters. The molecule has 0 radical (unpaired) electrons. The topological polar surface area (TPSA) is 53.0 Å². The molecule has 90 valence electrons. The van der Waals surface area contributed by atoms with Crippen LogP contribution in [0.1, 0.15) is 18.9 Å². The third kappa shape index (κ3) is 2.62. The zero-order valence-electron chi connectivity index (χ0n) is 9.86. The lowest BCUT2D eigenvalue weighted by atomic mass is 9.94. The van der Waals surface area contributed by atoms with Gasteiger partial charge in [0.25, 0.3) is 0 Å². The van der Waals surface area contributed by atoms with Crippen LogP contribution >= 0.6 is 15.9 Å². The third-order valence-corrected chi connectivity index (χ3v) is 4.02. The predicted molar refractivity (Wildman–Crippen MR) is 72.8 cm³/mol. The summed E-state index contributed by atoms with van der Waals surface area (Å²) in [6, 6.07) is 8.19. The van der Waals surface area contributed by atoms with Crippen LogP contribution in [0.5, 0.6) is 0 Å². The highest BCUT2D eigenvalue weighted by molar-refractivity contribution is 9.10. The van der Waals surface area contributed by atoms with E-state index in [1.165, 1.54) is 0 Å². The van der Waals surface area contributed by atoms with E-state index in [0.29, 0.717) is 17.5 Å². The Bertz CT molecular complexity index is 452. The number of benzene rings is 1. The number of halogens is 1. The summed E-state index contributed by atoms with van der Waals surface area (Å²) in [7, 11) is 0. The van der Waals surface area contributed by atoms with E-state index >= 15 is 0 Å². The van der Waals surface area contributed by atoms with E-state index in [1.54, 1.807) is 0 Å². The molecular weight excluding hydrogens is 278 g/mol. The van der Waals surface area contributed by atoms with Crippen molar-refractivity contribution in [2.45, 2.75) is 19.4 Å². The third-order valence-electron chi connectivity index (χ3n) is 3.39. The summed E-state index contributed by atoms with van der Waals surface area (Å²) < 4.78 is 0.985. The van der Waals surface area contributed by atoms with E-state index in [1.807, 2.05) is 18.2 Å². The fourth-order valence-corrected chi connectivity index (χ4v) is 2.84. The SMILES string of the molecule is CC1CN(c2ccc(C#N)cc2Br)CCC1N. The summed E-state index contributed by atoms with van der Waals surface area (Å²) in [5.41, 5.74) is 7.86. The van der Waals surface area contributed by atoms with Crippen LogP contribution < -0.4 is 10.6 Å². The van der Waals surface area contributed by atoms with E-state index in [0.717, 1.165) is 29.7 Å².